The third-order valence-electron chi connectivity index (χ3n) is 4.04. The first-order chi connectivity index (χ1) is 8.88. The van der Waals surface area contributed by atoms with Crippen molar-refractivity contribution in [1.29, 1.82) is 0 Å². The molecule has 110 valence electrons. The number of amides is 2. The number of likely N-dealkylation sites (tertiary alicyclic amines) is 2. The molecular weight excluding hydrogens is 266 g/mol. The largest absolute Gasteiger partial charge is 0.324 e. The molecule has 0 spiro atoms. The number of piperidine rings is 2. The molecule has 0 aromatic carbocycles. The molecule has 2 aliphatic heterocycles. The fraction of sp³-hybridized carbons (Fsp3) is 0.917. The fourth-order valence-corrected chi connectivity index (χ4v) is 3.83. The predicted molar refractivity (Wildman–Crippen MR) is 73.1 cm³/mol. The molecule has 0 radical (unpaired) electrons. The van der Waals surface area contributed by atoms with Crippen molar-refractivity contribution in [2.75, 3.05) is 26.2 Å². The number of primary sulfonamides is 1. The molecule has 7 heteroatoms. The van der Waals surface area contributed by atoms with Gasteiger partial charge in [0.25, 0.3) is 0 Å². The molecule has 2 amide bonds. The third-order valence-corrected chi connectivity index (χ3v) is 5.35. The van der Waals surface area contributed by atoms with Gasteiger partial charge in [0.05, 0.1) is 5.25 Å². The highest BCUT2D eigenvalue weighted by atomic mass is 32.2. The number of carbonyl (C=O) groups excluding carboxylic acids is 1. The Morgan fingerprint density at radius 1 is 1.11 bits per heavy atom. The van der Waals surface area contributed by atoms with Gasteiger partial charge in [0.15, 0.2) is 0 Å². The average molecular weight is 289 g/mol. The van der Waals surface area contributed by atoms with E-state index in [0.717, 1.165) is 25.9 Å². The van der Waals surface area contributed by atoms with Crippen LogP contribution in [0.25, 0.3) is 0 Å². The summed E-state index contributed by atoms with van der Waals surface area (Å²) in [4.78, 5) is 15.9. The monoisotopic (exact) mass is 289 g/mol. The highest BCUT2D eigenvalue weighted by Crippen LogP contribution is 2.20. The molecule has 0 saturated carbocycles. The van der Waals surface area contributed by atoms with Gasteiger partial charge in [-0.1, -0.05) is 6.92 Å². The molecule has 0 aromatic rings. The molecule has 2 fully saturated rings. The van der Waals surface area contributed by atoms with E-state index in [2.05, 4.69) is 6.92 Å². The van der Waals surface area contributed by atoms with Gasteiger partial charge in [-0.25, -0.2) is 18.4 Å². The topological polar surface area (TPSA) is 83.7 Å². The van der Waals surface area contributed by atoms with E-state index in [4.69, 9.17) is 5.14 Å². The van der Waals surface area contributed by atoms with Gasteiger partial charge >= 0.3 is 6.03 Å². The van der Waals surface area contributed by atoms with Crippen molar-refractivity contribution in [2.45, 2.75) is 37.9 Å². The quantitative estimate of drug-likeness (QED) is 0.767. The lowest BCUT2D eigenvalue weighted by molar-refractivity contribution is 0.124. The summed E-state index contributed by atoms with van der Waals surface area (Å²) >= 11 is 0. The third kappa shape index (κ3) is 3.60. The first kappa shape index (κ1) is 14.6. The van der Waals surface area contributed by atoms with E-state index in [1.807, 2.05) is 4.90 Å². The molecule has 0 bridgehead atoms. The van der Waals surface area contributed by atoms with Crippen molar-refractivity contribution < 1.29 is 13.2 Å². The van der Waals surface area contributed by atoms with Gasteiger partial charge in [-0.05, 0) is 31.6 Å². The molecule has 19 heavy (non-hydrogen) atoms. The summed E-state index contributed by atoms with van der Waals surface area (Å²) in [6.07, 6.45) is 3.44. The second-order valence-corrected chi connectivity index (χ2v) is 7.62. The highest BCUT2D eigenvalue weighted by molar-refractivity contribution is 7.89. The Kier molecular flexibility index (Phi) is 4.35. The highest BCUT2D eigenvalue weighted by Gasteiger charge is 2.33. The van der Waals surface area contributed by atoms with Crippen LogP contribution in [-0.4, -0.2) is 55.7 Å². The number of sulfonamides is 1. The minimum atomic E-state index is -3.55. The van der Waals surface area contributed by atoms with Crippen LogP contribution in [0.15, 0.2) is 0 Å². The van der Waals surface area contributed by atoms with Crippen LogP contribution in [0.1, 0.15) is 32.6 Å². The van der Waals surface area contributed by atoms with Crippen molar-refractivity contribution in [3.05, 3.63) is 0 Å². The smallest absolute Gasteiger partial charge is 0.320 e. The minimum Gasteiger partial charge on any atom is -0.324 e. The van der Waals surface area contributed by atoms with Crippen LogP contribution in [0.3, 0.4) is 0 Å². The number of carbonyl (C=O) groups is 1. The molecule has 2 saturated heterocycles. The lowest BCUT2D eigenvalue weighted by Gasteiger charge is -2.38. The van der Waals surface area contributed by atoms with E-state index in [1.165, 1.54) is 0 Å². The molecule has 2 atom stereocenters. The van der Waals surface area contributed by atoms with E-state index < -0.39 is 15.3 Å². The number of nitrogens with zero attached hydrogens (tertiary/aromatic N) is 2. The van der Waals surface area contributed by atoms with Gasteiger partial charge < -0.3 is 9.80 Å². The second-order valence-electron chi connectivity index (χ2n) is 5.78. The maximum absolute atomic E-state index is 12.4. The number of hydrogen-bond acceptors (Lipinski definition) is 3. The van der Waals surface area contributed by atoms with Crippen LogP contribution >= 0.6 is 0 Å². The molecule has 2 rings (SSSR count). The number of urea groups is 1. The summed E-state index contributed by atoms with van der Waals surface area (Å²) in [5, 5.41) is 4.59. The van der Waals surface area contributed by atoms with Crippen LogP contribution in [0.2, 0.25) is 0 Å². The Balaban J connectivity index is 1.99. The molecule has 2 heterocycles. The van der Waals surface area contributed by atoms with Crippen LogP contribution in [-0.2, 0) is 10.0 Å². The van der Waals surface area contributed by atoms with Crippen molar-refractivity contribution in [2.24, 2.45) is 11.1 Å². The number of hydrogen-bond donors (Lipinski definition) is 1. The number of rotatable bonds is 1. The van der Waals surface area contributed by atoms with E-state index in [-0.39, 0.29) is 12.6 Å². The maximum Gasteiger partial charge on any atom is 0.320 e. The van der Waals surface area contributed by atoms with Gasteiger partial charge in [-0.3, -0.25) is 0 Å². The van der Waals surface area contributed by atoms with E-state index in [9.17, 15) is 13.2 Å². The summed E-state index contributed by atoms with van der Waals surface area (Å²) in [6, 6.07) is -0.0279. The first-order valence-corrected chi connectivity index (χ1v) is 8.54. The zero-order valence-electron chi connectivity index (χ0n) is 11.4. The fourth-order valence-electron chi connectivity index (χ4n) is 2.94. The van der Waals surface area contributed by atoms with Gasteiger partial charge in [-0.2, -0.15) is 0 Å². The zero-order chi connectivity index (χ0) is 14.0. The summed E-state index contributed by atoms with van der Waals surface area (Å²) in [7, 11) is -3.55. The van der Waals surface area contributed by atoms with Crippen molar-refractivity contribution in [3.63, 3.8) is 0 Å². The molecule has 0 aromatic heterocycles. The van der Waals surface area contributed by atoms with Crippen LogP contribution in [0.5, 0.6) is 0 Å². The van der Waals surface area contributed by atoms with Crippen molar-refractivity contribution in [1.82, 2.24) is 9.80 Å². The molecular formula is C12H23N3O3S. The molecule has 6 nitrogen and oxygen atoms in total. The molecule has 0 aliphatic carbocycles. The minimum absolute atomic E-state index is 0.0279. The van der Waals surface area contributed by atoms with E-state index >= 15 is 0 Å². The average Bonchev–Trinajstić information content (AvgIpc) is 2.37. The Bertz CT molecular complexity index is 438. The first-order valence-electron chi connectivity index (χ1n) is 6.93. The van der Waals surface area contributed by atoms with E-state index in [1.54, 1.807) is 4.90 Å². The summed E-state index contributed by atoms with van der Waals surface area (Å²) < 4.78 is 22.8. The van der Waals surface area contributed by atoms with Crippen LogP contribution in [0.4, 0.5) is 4.79 Å². The zero-order valence-corrected chi connectivity index (χ0v) is 12.2. The Morgan fingerprint density at radius 3 is 2.26 bits per heavy atom. The summed E-state index contributed by atoms with van der Waals surface area (Å²) in [5.41, 5.74) is 0. The molecule has 2 N–H and O–H groups in total. The predicted octanol–water partition coefficient (Wildman–Crippen LogP) is 0.591. The summed E-state index contributed by atoms with van der Waals surface area (Å²) in [5.74, 6) is 0.525. The molecule has 2 aliphatic rings. The SMILES string of the molecule is CC1CCCN(C(=O)N2CCCC(S(N)(=O)=O)C2)C1. The molecule has 2 unspecified atom stereocenters. The maximum atomic E-state index is 12.4. The van der Waals surface area contributed by atoms with Crippen LogP contribution in [0, 0.1) is 5.92 Å². The Morgan fingerprint density at radius 2 is 1.68 bits per heavy atom. The Hall–Kier alpha value is -0.820. The van der Waals surface area contributed by atoms with Crippen LogP contribution < -0.4 is 5.14 Å². The van der Waals surface area contributed by atoms with Gasteiger partial charge in [0.2, 0.25) is 10.0 Å². The van der Waals surface area contributed by atoms with Gasteiger partial charge in [0.1, 0.15) is 0 Å². The summed E-state index contributed by atoms with van der Waals surface area (Å²) in [6.45, 7) is 4.57. The standard InChI is InChI=1S/C12H23N3O3S/c1-10-4-2-6-14(8-10)12(16)15-7-3-5-11(9-15)19(13,17)18/h10-11H,2-9H2,1H3,(H2,13,17,18). The normalized spacial score (nSPS) is 29.4. The Labute approximate surface area is 115 Å². The van der Waals surface area contributed by atoms with Gasteiger partial charge in [0, 0.05) is 26.2 Å². The van der Waals surface area contributed by atoms with Gasteiger partial charge in [-0.15, -0.1) is 0 Å². The number of nitrogens with two attached hydrogens (primary N) is 1. The van der Waals surface area contributed by atoms with E-state index in [0.29, 0.717) is 25.3 Å². The van der Waals surface area contributed by atoms with Crippen molar-refractivity contribution in [3.8, 4) is 0 Å². The van der Waals surface area contributed by atoms with Crippen molar-refractivity contribution >= 4 is 16.1 Å². The lowest BCUT2D eigenvalue weighted by atomic mass is 10.0. The lowest BCUT2D eigenvalue weighted by Crippen LogP contribution is -2.53. The second kappa shape index (κ2) is 5.66.